The molecule has 2 fully saturated rings. The summed E-state index contributed by atoms with van der Waals surface area (Å²) in [6, 6.07) is 17.6. The SMILES string of the molecule is CC(C)(Cc1ccc#cc1C1CCNCC1)Nc1nc(N2CCOCC2)nc(-n2c(C(F)F)nc3ccccc32)n1. The summed E-state index contributed by atoms with van der Waals surface area (Å²) in [6.07, 6.45) is 0.0285. The minimum absolute atomic E-state index is 0.0989. The Balaban J connectivity index is 1.37. The first kappa shape index (κ1) is 27.3. The predicted molar refractivity (Wildman–Crippen MR) is 153 cm³/mol. The van der Waals surface area contributed by atoms with E-state index in [0.29, 0.717) is 61.6 Å². The molecule has 11 heteroatoms. The van der Waals surface area contributed by atoms with Gasteiger partial charge in [-0.2, -0.15) is 15.0 Å². The van der Waals surface area contributed by atoms with Crippen LogP contribution in [-0.2, 0) is 11.2 Å². The largest absolute Gasteiger partial charge is 0.378 e. The number of piperidine rings is 1. The van der Waals surface area contributed by atoms with Crippen LogP contribution >= 0.6 is 0 Å². The van der Waals surface area contributed by atoms with E-state index in [9.17, 15) is 8.78 Å². The maximum atomic E-state index is 14.2. The van der Waals surface area contributed by atoms with E-state index < -0.39 is 17.8 Å². The molecule has 2 aliphatic heterocycles. The van der Waals surface area contributed by atoms with E-state index in [-0.39, 0.29) is 5.95 Å². The van der Waals surface area contributed by atoms with Crippen LogP contribution < -0.4 is 15.5 Å². The zero-order valence-corrected chi connectivity index (χ0v) is 23.3. The monoisotopic (exact) mass is 560 g/mol. The third kappa shape index (κ3) is 5.94. The second-order valence-electron chi connectivity index (χ2n) is 11.2. The van der Waals surface area contributed by atoms with Crippen molar-refractivity contribution < 1.29 is 13.5 Å². The standard InChI is InChI=1S/C30H34F2N8O/c1-30(2,19-21-7-3-4-8-22(21)20-11-13-33-14-12-20)38-27-35-28(39-15-17-41-18-16-39)37-29(36-27)40-24-10-6-5-9-23(24)34-26(40)25(31)32/h3,5-7,9-10,20,25,33H,11-19H2,1-2H3,(H,35,36,37,38). The fourth-order valence-corrected chi connectivity index (χ4v) is 5.70. The number of hydrogen-bond donors (Lipinski definition) is 2. The summed E-state index contributed by atoms with van der Waals surface area (Å²) in [5, 5.41) is 6.93. The summed E-state index contributed by atoms with van der Waals surface area (Å²) >= 11 is 0. The summed E-state index contributed by atoms with van der Waals surface area (Å²) in [6.45, 7) is 8.42. The average Bonchev–Trinajstić information content (AvgIpc) is 3.38. The highest BCUT2D eigenvalue weighted by molar-refractivity contribution is 5.77. The highest BCUT2D eigenvalue weighted by atomic mass is 19.3. The van der Waals surface area contributed by atoms with Crippen LogP contribution in [0.15, 0.2) is 36.4 Å². The fourth-order valence-electron chi connectivity index (χ4n) is 5.70. The number of aromatic nitrogens is 5. The summed E-state index contributed by atoms with van der Waals surface area (Å²) in [5.41, 5.74) is 2.90. The minimum atomic E-state index is -2.81. The fraction of sp³-hybridized carbons (Fsp3) is 0.467. The second-order valence-corrected chi connectivity index (χ2v) is 11.2. The number of nitrogens with one attached hydrogen (secondary N) is 2. The predicted octanol–water partition coefficient (Wildman–Crippen LogP) is 4.49. The van der Waals surface area contributed by atoms with Gasteiger partial charge in [-0.3, -0.25) is 4.57 Å². The lowest BCUT2D eigenvalue weighted by atomic mass is 9.84. The number of nitrogens with zero attached hydrogens (tertiary/aromatic N) is 6. The average molecular weight is 561 g/mol. The number of benzene rings is 1. The van der Waals surface area contributed by atoms with E-state index >= 15 is 0 Å². The Morgan fingerprint density at radius 1 is 1.05 bits per heavy atom. The van der Waals surface area contributed by atoms with E-state index in [4.69, 9.17) is 9.72 Å². The molecule has 0 bridgehead atoms. The van der Waals surface area contributed by atoms with Crippen molar-refractivity contribution in [3.8, 4) is 5.95 Å². The molecule has 0 amide bonds. The van der Waals surface area contributed by atoms with Gasteiger partial charge in [0.1, 0.15) is 0 Å². The van der Waals surface area contributed by atoms with Crippen molar-refractivity contribution in [3.63, 3.8) is 0 Å². The maximum absolute atomic E-state index is 14.2. The molecule has 2 aromatic carbocycles. The minimum Gasteiger partial charge on any atom is -0.378 e. The number of anilines is 2. The van der Waals surface area contributed by atoms with Gasteiger partial charge in [-0.1, -0.05) is 24.3 Å². The molecule has 0 saturated carbocycles. The molecule has 0 radical (unpaired) electrons. The molecule has 4 heterocycles. The first-order valence-electron chi connectivity index (χ1n) is 14.1. The molecule has 0 atom stereocenters. The summed E-state index contributed by atoms with van der Waals surface area (Å²) in [5.74, 6) is 0.862. The second kappa shape index (κ2) is 11.5. The van der Waals surface area contributed by atoms with Gasteiger partial charge in [0, 0.05) is 24.2 Å². The van der Waals surface area contributed by atoms with Gasteiger partial charge in [-0.05, 0) is 81.9 Å². The Morgan fingerprint density at radius 3 is 2.59 bits per heavy atom. The third-order valence-electron chi connectivity index (χ3n) is 7.64. The highest BCUT2D eigenvalue weighted by Gasteiger charge is 2.28. The van der Waals surface area contributed by atoms with Gasteiger partial charge < -0.3 is 20.3 Å². The van der Waals surface area contributed by atoms with Gasteiger partial charge in [-0.25, -0.2) is 13.8 Å². The molecule has 0 spiro atoms. The maximum Gasteiger partial charge on any atom is 0.296 e. The molecule has 0 aliphatic carbocycles. The van der Waals surface area contributed by atoms with Crippen LogP contribution in [-0.4, -0.2) is 69.4 Å². The molecule has 2 saturated heterocycles. The van der Waals surface area contributed by atoms with Crippen molar-refractivity contribution in [1.29, 1.82) is 0 Å². The number of ether oxygens (including phenoxy) is 1. The Kier molecular flexibility index (Phi) is 7.69. The molecular formula is C30H34F2N8O. The van der Waals surface area contributed by atoms with Gasteiger partial charge in [0.25, 0.3) is 6.43 Å². The summed E-state index contributed by atoms with van der Waals surface area (Å²) in [4.78, 5) is 20.3. The van der Waals surface area contributed by atoms with Crippen molar-refractivity contribution in [1.82, 2.24) is 29.8 Å². The lowest BCUT2D eigenvalue weighted by Crippen LogP contribution is -2.39. The van der Waals surface area contributed by atoms with Crippen LogP contribution in [0.5, 0.6) is 0 Å². The third-order valence-corrected chi connectivity index (χ3v) is 7.64. The molecular weight excluding hydrogens is 526 g/mol. The Bertz CT molecular complexity index is 1500. The number of rotatable bonds is 8. The van der Waals surface area contributed by atoms with Crippen LogP contribution in [0.25, 0.3) is 17.0 Å². The summed E-state index contributed by atoms with van der Waals surface area (Å²) in [7, 11) is 0. The van der Waals surface area contributed by atoms with E-state index in [0.717, 1.165) is 25.9 Å². The van der Waals surface area contributed by atoms with Crippen molar-refractivity contribution >= 4 is 22.9 Å². The van der Waals surface area contributed by atoms with Crippen molar-refractivity contribution in [2.75, 3.05) is 49.6 Å². The first-order valence-corrected chi connectivity index (χ1v) is 14.1. The number of halogens is 2. The van der Waals surface area contributed by atoms with Crippen LogP contribution in [0.3, 0.4) is 0 Å². The molecule has 214 valence electrons. The van der Waals surface area contributed by atoms with Gasteiger partial charge in [0.05, 0.1) is 24.2 Å². The number of fused-ring (bicyclic) bond motifs is 1. The zero-order chi connectivity index (χ0) is 28.4. The Hall–Kier alpha value is -3.88. The van der Waals surface area contributed by atoms with Gasteiger partial charge in [-0.15, -0.1) is 0 Å². The Labute approximate surface area is 238 Å². The van der Waals surface area contributed by atoms with Crippen molar-refractivity contribution in [3.05, 3.63) is 65.5 Å². The molecule has 2 N–H and O–H groups in total. The number of para-hydroxylation sites is 2. The molecule has 6 rings (SSSR count). The van der Waals surface area contributed by atoms with Crippen LogP contribution in [0, 0.1) is 12.1 Å². The van der Waals surface area contributed by atoms with Gasteiger partial charge in [0.2, 0.25) is 17.8 Å². The lowest BCUT2D eigenvalue weighted by Gasteiger charge is -2.31. The van der Waals surface area contributed by atoms with Gasteiger partial charge >= 0.3 is 0 Å². The molecule has 9 nitrogen and oxygen atoms in total. The van der Waals surface area contributed by atoms with E-state index in [2.05, 4.69) is 57.6 Å². The number of alkyl halides is 2. The summed E-state index contributed by atoms with van der Waals surface area (Å²) < 4.78 is 35.3. The topological polar surface area (TPSA) is 93.0 Å². The quantitative estimate of drug-likeness (QED) is 0.326. The van der Waals surface area contributed by atoms with E-state index in [1.807, 2.05) is 11.0 Å². The van der Waals surface area contributed by atoms with Crippen LogP contribution in [0.2, 0.25) is 0 Å². The molecule has 0 unspecified atom stereocenters. The number of imidazole rings is 1. The molecule has 4 aromatic rings. The first-order chi connectivity index (χ1) is 19.9. The Morgan fingerprint density at radius 2 is 1.80 bits per heavy atom. The van der Waals surface area contributed by atoms with Crippen LogP contribution in [0.1, 0.15) is 56.0 Å². The lowest BCUT2D eigenvalue weighted by molar-refractivity contribution is 0.122. The normalized spacial score (nSPS) is 16.8. The van der Waals surface area contributed by atoms with E-state index in [1.54, 1.807) is 24.3 Å². The van der Waals surface area contributed by atoms with Crippen molar-refractivity contribution in [2.45, 2.75) is 51.0 Å². The molecule has 41 heavy (non-hydrogen) atoms. The van der Waals surface area contributed by atoms with Crippen LogP contribution in [0.4, 0.5) is 20.7 Å². The van der Waals surface area contributed by atoms with Crippen molar-refractivity contribution in [2.24, 2.45) is 0 Å². The smallest absolute Gasteiger partial charge is 0.296 e. The zero-order valence-electron chi connectivity index (χ0n) is 23.3. The molecule has 2 aliphatic rings. The number of morpholine rings is 1. The molecule has 2 aromatic heterocycles. The van der Waals surface area contributed by atoms with E-state index in [1.165, 1.54) is 15.7 Å². The number of hydrogen-bond acceptors (Lipinski definition) is 8. The van der Waals surface area contributed by atoms with Gasteiger partial charge in [0.15, 0.2) is 5.82 Å². The highest BCUT2D eigenvalue weighted by Crippen LogP contribution is 2.31.